The summed E-state index contributed by atoms with van der Waals surface area (Å²) in [7, 11) is 0. The summed E-state index contributed by atoms with van der Waals surface area (Å²) in [6.45, 7) is 13.6. The third-order valence-electron chi connectivity index (χ3n) is 9.58. The van der Waals surface area contributed by atoms with Crippen LogP contribution in [0.3, 0.4) is 0 Å². The molecular weight excluding hydrogens is 396 g/mol. The van der Waals surface area contributed by atoms with Crippen molar-refractivity contribution in [2.24, 2.45) is 29.1 Å². The first kappa shape index (κ1) is 23.5. The molecule has 3 nitrogen and oxygen atoms in total. The van der Waals surface area contributed by atoms with Crippen LogP contribution in [0.5, 0.6) is 0 Å². The Morgan fingerprint density at radius 3 is 2.41 bits per heavy atom. The van der Waals surface area contributed by atoms with Crippen LogP contribution in [0.2, 0.25) is 0 Å². The Hall–Kier alpha value is -1.64. The van der Waals surface area contributed by atoms with Crippen LogP contribution in [0, 0.1) is 29.1 Å². The van der Waals surface area contributed by atoms with Crippen molar-refractivity contribution in [1.29, 1.82) is 0 Å². The second-order valence-corrected chi connectivity index (χ2v) is 11.7. The van der Waals surface area contributed by atoms with Gasteiger partial charge in [-0.3, -0.25) is 9.59 Å². The van der Waals surface area contributed by atoms with E-state index in [-0.39, 0.29) is 11.8 Å². The second-order valence-electron chi connectivity index (χ2n) is 11.7. The molecule has 3 aliphatic rings. The van der Waals surface area contributed by atoms with Gasteiger partial charge in [0.1, 0.15) is 0 Å². The van der Waals surface area contributed by atoms with Crippen molar-refractivity contribution >= 4 is 11.8 Å². The third kappa shape index (κ3) is 4.05. The monoisotopic (exact) mass is 438 g/mol. The highest BCUT2D eigenvalue weighted by molar-refractivity contribution is 5.89. The van der Waals surface area contributed by atoms with Crippen molar-refractivity contribution < 1.29 is 14.3 Å². The first-order chi connectivity index (χ1) is 15.1. The lowest BCUT2D eigenvalue weighted by molar-refractivity contribution is -0.154. The number of esters is 1. The standard InChI is InChI=1S/C29H42O3/c1-17(2)18(3)7-8-19(4)25-12-13-26-23-9-10-24-21(22(23)15-16-29(25,26)6)11-14-27(31)28(24)32-20(5)30/h9-10,17-19,25-26,28H,7-8,11-16H2,1-6H3/t18-,19+,25-,26+,28-,29-/m0/s1. The lowest BCUT2D eigenvalue weighted by Gasteiger charge is -2.45. The lowest BCUT2D eigenvalue weighted by atomic mass is 9.59. The molecule has 0 bridgehead atoms. The Labute approximate surface area is 194 Å². The maximum atomic E-state index is 12.5. The predicted octanol–water partition coefficient (Wildman–Crippen LogP) is 6.96. The fourth-order valence-corrected chi connectivity index (χ4v) is 7.26. The van der Waals surface area contributed by atoms with Crippen LogP contribution in [0.1, 0.15) is 114 Å². The molecule has 1 aromatic rings. The summed E-state index contributed by atoms with van der Waals surface area (Å²) in [5.41, 5.74) is 5.62. The Morgan fingerprint density at radius 2 is 1.72 bits per heavy atom. The van der Waals surface area contributed by atoms with E-state index in [4.69, 9.17) is 4.74 Å². The molecule has 6 atom stereocenters. The molecule has 0 saturated heterocycles. The topological polar surface area (TPSA) is 43.4 Å². The number of carbonyl (C=O) groups excluding carboxylic acids is 2. The van der Waals surface area contributed by atoms with Crippen LogP contribution < -0.4 is 0 Å². The summed E-state index contributed by atoms with van der Waals surface area (Å²) >= 11 is 0. The van der Waals surface area contributed by atoms with Crippen molar-refractivity contribution in [2.45, 2.75) is 105 Å². The van der Waals surface area contributed by atoms with Crippen LogP contribution in [0.15, 0.2) is 12.1 Å². The molecule has 0 amide bonds. The number of hydrogen-bond acceptors (Lipinski definition) is 3. The van der Waals surface area contributed by atoms with E-state index in [0.717, 1.165) is 42.1 Å². The molecule has 0 radical (unpaired) electrons. The molecule has 4 rings (SSSR count). The molecule has 0 heterocycles. The van der Waals surface area contributed by atoms with Gasteiger partial charge in [-0.25, -0.2) is 0 Å². The molecule has 0 aromatic heterocycles. The average molecular weight is 439 g/mol. The van der Waals surface area contributed by atoms with Crippen molar-refractivity contribution in [3.05, 3.63) is 34.4 Å². The van der Waals surface area contributed by atoms with Crippen molar-refractivity contribution in [3.63, 3.8) is 0 Å². The van der Waals surface area contributed by atoms with Crippen LogP contribution in [0.25, 0.3) is 0 Å². The van der Waals surface area contributed by atoms with Gasteiger partial charge in [0.05, 0.1) is 0 Å². The first-order valence-electron chi connectivity index (χ1n) is 13.0. The molecule has 32 heavy (non-hydrogen) atoms. The number of Topliss-reactive ketones (excluding diaryl/α,β-unsaturated/α-hetero) is 1. The normalized spacial score (nSPS) is 31.0. The van der Waals surface area contributed by atoms with Gasteiger partial charge in [0.2, 0.25) is 0 Å². The van der Waals surface area contributed by atoms with E-state index >= 15 is 0 Å². The second kappa shape index (κ2) is 8.95. The van der Waals surface area contributed by atoms with Crippen molar-refractivity contribution in [3.8, 4) is 0 Å². The van der Waals surface area contributed by atoms with E-state index in [9.17, 15) is 9.59 Å². The molecule has 176 valence electrons. The van der Waals surface area contributed by atoms with E-state index in [0.29, 0.717) is 17.8 Å². The highest BCUT2D eigenvalue weighted by atomic mass is 16.5. The maximum Gasteiger partial charge on any atom is 0.303 e. The van der Waals surface area contributed by atoms with Crippen LogP contribution in [0.4, 0.5) is 0 Å². The van der Waals surface area contributed by atoms with Crippen molar-refractivity contribution in [2.75, 3.05) is 0 Å². The zero-order valence-corrected chi connectivity index (χ0v) is 21.0. The number of fused-ring (bicyclic) bond motifs is 5. The van der Waals surface area contributed by atoms with Gasteiger partial charge in [-0.15, -0.1) is 0 Å². The Morgan fingerprint density at radius 1 is 1.03 bits per heavy atom. The van der Waals surface area contributed by atoms with Gasteiger partial charge in [0.25, 0.3) is 0 Å². The summed E-state index contributed by atoms with van der Waals surface area (Å²) < 4.78 is 5.45. The Kier molecular flexibility index (Phi) is 6.58. The minimum Gasteiger partial charge on any atom is -0.450 e. The minimum absolute atomic E-state index is 0.0404. The van der Waals surface area contributed by atoms with Crippen LogP contribution in [-0.4, -0.2) is 11.8 Å². The van der Waals surface area contributed by atoms with E-state index in [1.807, 2.05) is 0 Å². The van der Waals surface area contributed by atoms with Crippen molar-refractivity contribution in [1.82, 2.24) is 0 Å². The van der Waals surface area contributed by atoms with Gasteiger partial charge in [-0.2, -0.15) is 0 Å². The summed E-state index contributed by atoms with van der Waals surface area (Å²) in [4.78, 5) is 24.1. The molecule has 0 spiro atoms. The number of ether oxygens (including phenoxy) is 1. The van der Waals surface area contributed by atoms with Crippen LogP contribution >= 0.6 is 0 Å². The molecule has 0 unspecified atom stereocenters. The van der Waals surface area contributed by atoms with Gasteiger partial charge in [-0.05, 0) is 83.8 Å². The van der Waals surface area contributed by atoms with Gasteiger partial charge >= 0.3 is 5.97 Å². The first-order valence-corrected chi connectivity index (χ1v) is 13.0. The Balaban J connectivity index is 1.58. The van der Waals surface area contributed by atoms with Crippen LogP contribution in [-0.2, 0) is 27.2 Å². The number of benzene rings is 1. The summed E-state index contributed by atoms with van der Waals surface area (Å²) in [6, 6.07) is 4.38. The fourth-order valence-electron chi connectivity index (χ4n) is 7.26. The highest BCUT2D eigenvalue weighted by Crippen LogP contribution is 2.61. The van der Waals surface area contributed by atoms with Gasteiger partial charge in [0.15, 0.2) is 11.9 Å². The van der Waals surface area contributed by atoms with Gasteiger partial charge in [-0.1, -0.05) is 59.6 Å². The number of ketones is 1. The largest absolute Gasteiger partial charge is 0.450 e. The molecular formula is C29H42O3. The number of rotatable bonds is 6. The van der Waals surface area contributed by atoms with E-state index in [1.54, 1.807) is 0 Å². The SMILES string of the molecule is CC(=O)O[C@@H]1C(=O)CCc2c1ccc1c2CC[C@]2(C)[C@@H]1CC[C@H]2[C@H](C)CC[C@H](C)C(C)C. The summed E-state index contributed by atoms with van der Waals surface area (Å²) in [6.07, 6.45) is 8.21. The highest BCUT2D eigenvalue weighted by Gasteiger charge is 2.51. The van der Waals surface area contributed by atoms with E-state index in [2.05, 4.69) is 46.8 Å². The molecule has 0 aliphatic heterocycles. The Bertz CT molecular complexity index is 885. The van der Waals surface area contributed by atoms with Gasteiger partial charge in [0, 0.05) is 18.9 Å². The van der Waals surface area contributed by atoms with Gasteiger partial charge < -0.3 is 4.74 Å². The zero-order chi connectivity index (χ0) is 23.2. The third-order valence-corrected chi connectivity index (χ3v) is 9.58. The molecule has 1 aromatic carbocycles. The summed E-state index contributed by atoms with van der Waals surface area (Å²) in [5.74, 6) is 3.43. The molecule has 1 saturated carbocycles. The maximum absolute atomic E-state index is 12.5. The predicted molar refractivity (Wildman–Crippen MR) is 129 cm³/mol. The number of carbonyl (C=O) groups is 2. The minimum atomic E-state index is -0.700. The molecule has 0 N–H and O–H groups in total. The smallest absolute Gasteiger partial charge is 0.303 e. The molecule has 3 aliphatic carbocycles. The fraction of sp³-hybridized carbons (Fsp3) is 0.724. The number of hydrogen-bond donors (Lipinski definition) is 0. The summed E-state index contributed by atoms with van der Waals surface area (Å²) in [5, 5.41) is 0. The lowest BCUT2D eigenvalue weighted by Crippen LogP contribution is -2.36. The molecule has 1 fully saturated rings. The van der Waals surface area contributed by atoms with E-state index < -0.39 is 6.10 Å². The molecule has 3 heteroatoms. The van der Waals surface area contributed by atoms with E-state index in [1.165, 1.54) is 55.7 Å². The zero-order valence-electron chi connectivity index (χ0n) is 21.0. The quantitative estimate of drug-likeness (QED) is 0.451. The average Bonchev–Trinajstić information content (AvgIpc) is 3.10.